The average molecular weight is 481 g/mol. The highest BCUT2D eigenvalue weighted by Crippen LogP contribution is 2.23. The van der Waals surface area contributed by atoms with Gasteiger partial charge in [-0.1, -0.05) is 32.0 Å². The van der Waals surface area contributed by atoms with Crippen LogP contribution in [-0.2, 0) is 27.6 Å². The van der Waals surface area contributed by atoms with Crippen LogP contribution in [0.25, 0.3) is 0 Å². The molecule has 1 aromatic heterocycles. The molecular formula is C27H32N2O4S. The van der Waals surface area contributed by atoms with Crippen molar-refractivity contribution in [2.45, 2.75) is 64.3 Å². The van der Waals surface area contributed by atoms with Crippen molar-refractivity contribution in [1.82, 2.24) is 4.57 Å². The van der Waals surface area contributed by atoms with Crippen LogP contribution in [0.15, 0.2) is 63.1 Å². The molecule has 0 radical (unpaired) electrons. The first kappa shape index (κ1) is 25.4. The highest BCUT2D eigenvalue weighted by molar-refractivity contribution is 7.91. The number of aryl methyl sites for hydroxylation is 4. The monoisotopic (exact) mass is 480 g/mol. The number of hydrogen-bond acceptors (Lipinski definition) is 4. The molecule has 3 aromatic rings. The van der Waals surface area contributed by atoms with Crippen LogP contribution in [0.1, 0.15) is 41.8 Å². The summed E-state index contributed by atoms with van der Waals surface area (Å²) < 4.78 is 28.0. The number of aromatic nitrogens is 1. The summed E-state index contributed by atoms with van der Waals surface area (Å²) in [5.41, 5.74) is 3.87. The van der Waals surface area contributed by atoms with Crippen molar-refractivity contribution in [2.24, 2.45) is 5.92 Å². The van der Waals surface area contributed by atoms with Crippen molar-refractivity contribution in [2.75, 3.05) is 5.32 Å². The van der Waals surface area contributed by atoms with Crippen molar-refractivity contribution < 1.29 is 13.2 Å². The number of carbonyl (C=O) groups is 1. The van der Waals surface area contributed by atoms with Gasteiger partial charge in [-0.2, -0.15) is 0 Å². The van der Waals surface area contributed by atoms with Crippen LogP contribution < -0.4 is 10.9 Å². The van der Waals surface area contributed by atoms with E-state index >= 15 is 0 Å². The molecule has 0 fully saturated rings. The van der Waals surface area contributed by atoms with Gasteiger partial charge in [0.1, 0.15) is 11.4 Å². The van der Waals surface area contributed by atoms with Crippen LogP contribution in [0.5, 0.6) is 0 Å². The molecule has 0 atom stereocenters. The van der Waals surface area contributed by atoms with E-state index in [4.69, 9.17) is 0 Å². The first-order chi connectivity index (χ1) is 15.9. The zero-order valence-electron chi connectivity index (χ0n) is 20.6. The van der Waals surface area contributed by atoms with Crippen LogP contribution in [0, 0.1) is 33.6 Å². The maximum Gasteiger partial charge on any atom is 0.270 e. The molecule has 0 saturated carbocycles. The minimum absolute atomic E-state index is 0.0651. The number of rotatable bonds is 7. The lowest BCUT2D eigenvalue weighted by atomic mass is 10.0. The predicted octanol–water partition coefficient (Wildman–Crippen LogP) is 4.75. The Balaban J connectivity index is 1.96. The fraction of sp³-hybridized carbons (Fsp3) is 0.333. The van der Waals surface area contributed by atoms with Crippen LogP contribution in [0.3, 0.4) is 0 Å². The average Bonchev–Trinajstić information content (AvgIpc) is 2.70. The fourth-order valence-corrected chi connectivity index (χ4v) is 5.77. The molecule has 0 spiro atoms. The second-order valence-electron chi connectivity index (χ2n) is 9.36. The first-order valence-electron chi connectivity index (χ1n) is 11.3. The number of pyridine rings is 1. The van der Waals surface area contributed by atoms with Gasteiger partial charge in [0.05, 0.1) is 4.90 Å². The minimum atomic E-state index is -4.06. The molecule has 34 heavy (non-hydrogen) atoms. The highest BCUT2D eigenvalue weighted by atomic mass is 32.2. The largest absolute Gasteiger partial charge is 0.325 e. The number of amides is 1. The van der Waals surface area contributed by atoms with E-state index in [-0.39, 0.29) is 16.3 Å². The molecule has 7 heteroatoms. The summed E-state index contributed by atoms with van der Waals surface area (Å²) in [7, 11) is -4.06. The van der Waals surface area contributed by atoms with Crippen LogP contribution in [0.4, 0.5) is 5.69 Å². The van der Waals surface area contributed by atoms with Crippen molar-refractivity contribution in [3.8, 4) is 0 Å². The molecule has 1 amide bonds. The van der Waals surface area contributed by atoms with Crippen molar-refractivity contribution in [3.63, 3.8) is 0 Å². The van der Waals surface area contributed by atoms with Gasteiger partial charge < -0.3 is 9.88 Å². The third-order valence-electron chi connectivity index (χ3n) is 5.60. The van der Waals surface area contributed by atoms with E-state index in [1.807, 2.05) is 32.0 Å². The van der Waals surface area contributed by atoms with E-state index < -0.39 is 21.3 Å². The summed E-state index contributed by atoms with van der Waals surface area (Å²) in [5, 5.41) is 2.80. The normalized spacial score (nSPS) is 11.6. The number of anilines is 1. The fourth-order valence-electron chi connectivity index (χ4n) is 4.22. The Kier molecular flexibility index (Phi) is 7.46. The lowest BCUT2D eigenvalue weighted by molar-refractivity contribution is -0.116. The molecule has 180 valence electrons. The summed E-state index contributed by atoms with van der Waals surface area (Å²) >= 11 is 0. The Morgan fingerprint density at radius 1 is 0.941 bits per heavy atom. The number of carbonyl (C=O) groups excluding carboxylic acids is 1. The highest BCUT2D eigenvalue weighted by Gasteiger charge is 2.26. The van der Waals surface area contributed by atoms with Crippen molar-refractivity contribution in [3.05, 3.63) is 86.8 Å². The minimum Gasteiger partial charge on any atom is -0.325 e. The molecule has 0 bridgehead atoms. The van der Waals surface area contributed by atoms with E-state index in [1.54, 1.807) is 44.2 Å². The first-order valence-corrected chi connectivity index (χ1v) is 12.8. The molecule has 2 aromatic carbocycles. The number of sulfone groups is 1. The Hall–Kier alpha value is -3.19. The van der Waals surface area contributed by atoms with Gasteiger partial charge in [0.25, 0.3) is 5.56 Å². The zero-order valence-corrected chi connectivity index (χ0v) is 21.4. The lowest BCUT2D eigenvalue weighted by Crippen LogP contribution is -2.33. The maximum atomic E-state index is 13.4. The van der Waals surface area contributed by atoms with Crippen LogP contribution in [-0.4, -0.2) is 18.9 Å². The Bertz CT molecular complexity index is 1370. The maximum absolute atomic E-state index is 13.4. The van der Waals surface area contributed by atoms with Crippen LogP contribution in [0.2, 0.25) is 0 Å². The standard InChI is InChI=1S/C27H32N2O4S/c1-17(2)11-22-7-9-24(10-8-22)34(32,33)26-20(5)15-21(6)29(27(26)31)16-25(30)28-23-13-18(3)12-19(4)14-23/h7-10,12-15,17H,11,16H2,1-6H3,(H,28,30). The van der Waals surface area contributed by atoms with Gasteiger partial charge in [-0.15, -0.1) is 0 Å². The van der Waals surface area contributed by atoms with Crippen LogP contribution >= 0.6 is 0 Å². The smallest absolute Gasteiger partial charge is 0.270 e. The van der Waals surface area contributed by atoms with E-state index in [1.165, 1.54) is 4.57 Å². The van der Waals surface area contributed by atoms with E-state index in [2.05, 4.69) is 19.2 Å². The van der Waals surface area contributed by atoms with E-state index in [0.29, 0.717) is 22.9 Å². The molecule has 1 heterocycles. The Morgan fingerprint density at radius 2 is 1.53 bits per heavy atom. The molecule has 0 aliphatic rings. The summed E-state index contributed by atoms with van der Waals surface area (Å²) in [6, 6.07) is 14.0. The zero-order chi connectivity index (χ0) is 25.2. The molecular weight excluding hydrogens is 448 g/mol. The van der Waals surface area contributed by atoms with Gasteiger partial charge in [0.15, 0.2) is 0 Å². The molecule has 3 rings (SSSR count). The number of hydrogen-bond donors (Lipinski definition) is 1. The molecule has 0 aliphatic carbocycles. The van der Waals surface area contributed by atoms with E-state index in [9.17, 15) is 18.0 Å². The van der Waals surface area contributed by atoms with Gasteiger partial charge >= 0.3 is 0 Å². The predicted molar refractivity (Wildman–Crippen MR) is 135 cm³/mol. The quantitative estimate of drug-likeness (QED) is 0.529. The second kappa shape index (κ2) is 9.97. The number of nitrogens with zero attached hydrogens (tertiary/aromatic N) is 1. The van der Waals surface area contributed by atoms with Gasteiger partial charge in [-0.05, 0) is 92.6 Å². The Morgan fingerprint density at radius 3 is 2.09 bits per heavy atom. The molecule has 0 aliphatic heterocycles. The lowest BCUT2D eigenvalue weighted by Gasteiger charge is -2.15. The molecule has 0 unspecified atom stereocenters. The Labute approximate surface area is 201 Å². The third kappa shape index (κ3) is 5.65. The van der Waals surface area contributed by atoms with Crippen molar-refractivity contribution >= 4 is 21.4 Å². The van der Waals surface area contributed by atoms with Gasteiger partial charge in [0, 0.05) is 11.4 Å². The van der Waals surface area contributed by atoms with E-state index in [0.717, 1.165) is 23.1 Å². The van der Waals surface area contributed by atoms with Gasteiger partial charge in [-0.3, -0.25) is 9.59 Å². The van der Waals surface area contributed by atoms with Gasteiger partial charge in [-0.25, -0.2) is 8.42 Å². The van der Waals surface area contributed by atoms with Crippen molar-refractivity contribution in [1.29, 1.82) is 0 Å². The van der Waals surface area contributed by atoms with Gasteiger partial charge in [0.2, 0.25) is 15.7 Å². The molecule has 0 saturated heterocycles. The molecule has 1 N–H and O–H groups in total. The SMILES string of the molecule is Cc1cc(C)cc(NC(=O)Cn2c(C)cc(C)c(S(=O)(=O)c3ccc(CC(C)C)cc3)c2=O)c1. The number of benzene rings is 2. The molecule has 6 nitrogen and oxygen atoms in total. The third-order valence-corrected chi connectivity index (χ3v) is 7.53. The second-order valence-corrected chi connectivity index (χ2v) is 11.2. The summed E-state index contributed by atoms with van der Waals surface area (Å²) in [4.78, 5) is 25.8. The summed E-state index contributed by atoms with van der Waals surface area (Å²) in [5.74, 6) is 0.0457. The number of nitrogens with one attached hydrogen (secondary N) is 1. The summed E-state index contributed by atoms with van der Waals surface area (Å²) in [6.45, 7) is 11.1. The summed E-state index contributed by atoms with van der Waals surface area (Å²) in [6.07, 6.45) is 0.840. The topological polar surface area (TPSA) is 85.2 Å².